The minimum absolute atomic E-state index is 0.0108. The molecule has 4 nitrogen and oxygen atoms in total. The summed E-state index contributed by atoms with van der Waals surface area (Å²) in [5.41, 5.74) is 0.489. The Balaban J connectivity index is 1.84. The van der Waals surface area contributed by atoms with Crippen LogP contribution in [0.4, 0.5) is 10.1 Å². The van der Waals surface area contributed by atoms with Crippen molar-refractivity contribution in [3.63, 3.8) is 0 Å². The predicted molar refractivity (Wildman–Crippen MR) is 93.4 cm³/mol. The highest BCUT2D eigenvalue weighted by molar-refractivity contribution is 6.31. The van der Waals surface area contributed by atoms with E-state index < -0.39 is 5.82 Å². The maximum Gasteiger partial charge on any atom is 0.227 e. The average molecular weight is 355 g/mol. The van der Waals surface area contributed by atoms with Crippen molar-refractivity contribution in [3.05, 3.63) is 29.0 Å². The van der Waals surface area contributed by atoms with Crippen molar-refractivity contribution in [1.29, 1.82) is 0 Å². The van der Waals surface area contributed by atoms with Crippen LogP contribution in [0.1, 0.15) is 46.0 Å². The Morgan fingerprint density at radius 2 is 1.79 bits per heavy atom. The molecule has 0 aliphatic heterocycles. The van der Waals surface area contributed by atoms with Crippen molar-refractivity contribution in [2.45, 2.75) is 52.0 Å². The van der Waals surface area contributed by atoms with Crippen LogP contribution in [0, 0.1) is 17.7 Å². The summed E-state index contributed by atoms with van der Waals surface area (Å²) in [6.45, 7) is 4.03. The van der Waals surface area contributed by atoms with Gasteiger partial charge in [0, 0.05) is 23.6 Å². The van der Waals surface area contributed by atoms with Crippen LogP contribution in [0.5, 0.6) is 0 Å². The molecule has 1 fully saturated rings. The molecular weight excluding hydrogens is 331 g/mol. The Kier molecular flexibility index (Phi) is 6.60. The Morgan fingerprint density at radius 3 is 2.33 bits per heavy atom. The third-order valence-electron chi connectivity index (χ3n) is 4.66. The van der Waals surface area contributed by atoms with Crippen LogP contribution in [-0.4, -0.2) is 17.9 Å². The molecule has 1 saturated carbocycles. The monoisotopic (exact) mass is 354 g/mol. The summed E-state index contributed by atoms with van der Waals surface area (Å²) in [6, 6.07) is 4.31. The van der Waals surface area contributed by atoms with Crippen LogP contribution < -0.4 is 10.6 Å². The lowest BCUT2D eigenvalue weighted by Gasteiger charge is -2.28. The Morgan fingerprint density at radius 1 is 1.21 bits per heavy atom. The van der Waals surface area contributed by atoms with Crippen LogP contribution in [0.2, 0.25) is 5.02 Å². The molecule has 132 valence electrons. The smallest absolute Gasteiger partial charge is 0.227 e. The van der Waals surface area contributed by atoms with Gasteiger partial charge in [-0.25, -0.2) is 4.39 Å². The van der Waals surface area contributed by atoms with Crippen LogP contribution in [0.15, 0.2) is 18.2 Å². The molecule has 1 aliphatic carbocycles. The Bertz CT molecular complexity index is 601. The SMILES string of the molecule is CCC(C)NC(=O)C1CCC(C(=O)Nc2ccc(F)c(Cl)c2)CC1. The predicted octanol–water partition coefficient (Wildman–Crippen LogP) is 4.14. The molecule has 1 unspecified atom stereocenters. The average Bonchev–Trinajstić information content (AvgIpc) is 2.58. The van der Waals surface area contributed by atoms with Crippen molar-refractivity contribution >= 4 is 29.1 Å². The number of hydrogen-bond acceptors (Lipinski definition) is 2. The number of carbonyl (C=O) groups excluding carboxylic acids is 2. The molecule has 2 rings (SSSR count). The molecule has 0 radical (unpaired) electrons. The third kappa shape index (κ3) is 4.94. The topological polar surface area (TPSA) is 58.2 Å². The summed E-state index contributed by atoms with van der Waals surface area (Å²) in [5.74, 6) is -0.653. The van der Waals surface area contributed by atoms with Gasteiger partial charge in [0.15, 0.2) is 0 Å². The molecule has 1 aromatic carbocycles. The molecule has 0 saturated heterocycles. The van der Waals surface area contributed by atoms with Gasteiger partial charge in [0.1, 0.15) is 5.82 Å². The van der Waals surface area contributed by atoms with Gasteiger partial charge < -0.3 is 10.6 Å². The lowest BCUT2D eigenvalue weighted by atomic mass is 9.81. The summed E-state index contributed by atoms with van der Waals surface area (Å²) in [5, 5.41) is 5.76. The van der Waals surface area contributed by atoms with E-state index in [-0.39, 0.29) is 34.7 Å². The summed E-state index contributed by atoms with van der Waals surface area (Å²) < 4.78 is 13.1. The molecule has 2 amide bonds. The van der Waals surface area contributed by atoms with E-state index in [1.807, 2.05) is 13.8 Å². The molecule has 0 bridgehead atoms. The highest BCUT2D eigenvalue weighted by Gasteiger charge is 2.30. The highest BCUT2D eigenvalue weighted by atomic mass is 35.5. The van der Waals surface area contributed by atoms with Crippen LogP contribution in [0.25, 0.3) is 0 Å². The normalized spacial score (nSPS) is 21.8. The number of hydrogen-bond donors (Lipinski definition) is 2. The molecule has 2 N–H and O–H groups in total. The zero-order valence-electron chi connectivity index (χ0n) is 14.1. The first kappa shape index (κ1) is 18.7. The molecule has 0 aromatic heterocycles. The third-order valence-corrected chi connectivity index (χ3v) is 4.95. The second kappa shape index (κ2) is 8.47. The number of halogens is 2. The van der Waals surface area contributed by atoms with Crippen molar-refractivity contribution in [1.82, 2.24) is 5.32 Å². The van der Waals surface area contributed by atoms with Crippen LogP contribution >= 0.6 is 11.6 Å². The highest BCUT2D eigenvalue weighted by Crippen LogP contribution is 2.30. The van der Waals surface area contributed by atoms with E-state index in [2.05, 4.69) is 10.6 Å². The molecule has 6 heteroatoms. The Hall–Kier alpha value is -1.62. The van der Waals surface area contributed by atoms with Crippen molar-refractivity contribution in [3.8, 4) is 0 Å². The summed E-state index contributed by atoms with van der Waals surface area (Å²) in [4.78, 5) is 24.5. The molecule has 0 heterocycles. The van der Waals surface area contributed by atoms with E-state index in [9.17, 15) is 14.0 Å². The summed E-state index contributed by atoms with van der Waals surface area (Å²) >= 11 is 5.72. The van der Waals surface area contributed by atoms with Gasteiger partial charge in [-0.3, -0.25) is 9.59 Å². The van der Waals surface area contributed by atoms with Gasteiger partial charge in [0.05, 0.1) is 5.02 Å². The minimum atomic E-state index is -0.512. The fourth-order valence-electron chi connectivity index (χ4n) is 2.90. The van der Waals surface area contributed by atoms with Gasteiger partial charge >= 0.3 is 0 Å². The second-order valence-electron chi connectivity index (χ2n) is 6.48. The van der Waals surface area contributed by atoms with Crippen LogP contribution in [-0.2, 0) is 9.59 Å². The first-order valence-corrected chi connectivity index (χ1v) is 8.84. The first-order chi connectivity index (χ1) is 11.4. The zero-order valence-corrected chi connectivity index (χ0v) is 14.8. The quantitative estimate of drug-likeness (QED) is 0.834. The molecule has 24 heavy (non-hydrogen) atoms. The minimum Gasteiger partial charge on any atom is -0.353 e. The lowest BCUT2D eigenvalue weighted by Crippen LogP contribution is -2.39. The second-order valence-corrected chi connectivity index (χ2v) is 6.89. The number of rotatable bonds is 5. The van der Waals surface area contributed by atoms with Crippen molar-refractivity contribution < 1.29 is 14.0 Å². The lowest BCUT2D eigenvalue weighted by molar-refractivity contribution is -0.129. The van der Waals surface area contributed by atoms with Gasteiger partial charge in [-0.1, -0.05) is 18.5 Å². The molecule has 1 atom stereocenters. The van der Waals surface area contributed by atoms with Gasteiger partial charge in [-0.15, -0.1) is 0 Å². The largest absolute Gasteiger partial charge is 0.353 e. The maximum atomic E-state index is 13.1. The zero-order chi connectivity index (χ0) is 17.7. The molecular formula is C18H24ClFN2O2. The van der Waals surface area contributed by atoms with Crippen molar-refractivity contribution in [2.75, 3.05) is 5.32 Å². The molecule has 1 aliphatic rings. The van der Waals surface area contributed by atoms with Gasteiger partial charge in [-0.2, -0.15) is 0 Å². The molecule has 0 spiro atoms. The molecule has 1 aromatic rings. The maximum absolute atomic E-state index is 13.1. The fraction of sp³-hybridized carbons (Fsp3) is 0.556. The van der Waals surface area contributed by atoms with Crippen LogP contribution in [0.3, 0.4) is 0 Å². The van der Waals surface area contributed by atoms with Crippen molar-refractivity contribution in [2.24, 2.45) is 11.8 Å². The summed E-state index contributed by atoms with van der Waals surface area (Å²) in [6.07, 6.45) is 3.69. The number of anilines is 1. The van der Waals surface area contributed by atoms with E-state index in [1.54, 1.807) is 0 Å². The van der Waals surface area contributed by atoms with E-state index in [1.165, 1.54) is 18.2 Å². The van der Waals surface area contributed by atoms with E-state index in [4.69, 9.17) is 11.6 Å². The van der Waals surface area contributed by atoms with Gasteiger partial charge in [-0.05, 0) is 57.2 Å². The van der Waals surface area contributed by atoms with Gasteiger partial charge in [0.2, 0.25) is 11.8 Å². The Labute approximate surface area is 147 Å². The number of nitrogens with one attached hydrogen (secondary N) is 2. The van der Waals surface area contributed by atoms with E-state index in [0.29, 0.717) is 31.4 Å². The van der Waals surface area contributed by atoms with E-state index >= 15 is 0 Å². The number of carbonyl (C=O) groups is 2. The first-order valence-electron chi connectivity index (χ1n) is 8.47. The standard InChI is InChI=1S/C18H24ClFN2O2/c1-3-11(2)21-17(23)12-4-6-13(7-5-12)18(24)22-14-8-9-16(20)15(19)10-14/h8-13H,3-7H2,1-2H3,(H,21,23)(H,22,24). The van der Waals surface area contributed by atoms with Gasteiger partial charge in [0.25, 0.3) is 0 Å². The fourth-order valence-corrected chi connectivity index (χ4v) is 3.08. The number of amides is 2. The summed E-state index contributed by atoms with van der Waals surface area (Å²) in [7, 11) is 0. The van der Waals surface area contributed by atoms with E-state index in [0.717, 1.165) is 6.42 Å². The number of benzene rings is 1.